The summed E-state index contributed by atoms with van der Waals surface area (Å²) in [6, 6.07) is 0. The van der Waals surface area contributed by atoms with Gasteiger partial charge in [0.2, 0.25) is 0 Å². The summed E-state index contributed by atoms with van der Waals surface area (Å²) in [6.45, 7) is 11.2. The number of rotatable bonds is 59. The van der Waals surface area contributed by atoms with Crippen LogP contribution < -0.4 is 0 Å². The molecule has 0 bridgehead atoms. The minimum atomic E-state index is 0.899. The zero-order chi connectivity index (χ0) is 49.4. The van der Waals surface area contributed by atoms with Crippen molar-refractivity contribution in [3.63, 3.8) is 0 Å². The molecule has 1 radical (unpaired) electrons. The summed E-state index contributed by atoms with van der Waals surface area (Å²) in [7, 11) is 0. The molecule has 0 atom stereocenters. The first-order chi connectivity index (χ1) is 34.3. The molecule has 1 rings (SSSR count). The van der Waals surface area contributed by atoms with Gasteiger partial charge in [-0.1, -0.05) is 355 Å². The molecule has 2 heteroatoms. The fourth-order valence-electron chi connectivity index (χ4n) is 11.2. The van der Waals surface area contributed by atoms with Gasteiger partial charge in [-0.2, -0.15) is 0 Å². The Bertz CT molecular complexity index is 1050. The van der Waals surface area contributed by atoms with Gasteiger partial charge in [0.25, 0.3) is 0 Å². The Morgan fingerprint density at radius 2 is 0.391 bits per heavy atom. The SMILES string of the molecule is [CH2]CCc1nc(CCCCCCCCCCCCCCCCCCCC)c(CCCCCCCCCCCCCCCCCCCC)c(CCCCCCCCCCCCCCCCCCCC)n1. The lowest BCUT2D eigenvalue weighted by Crippen LogP contribution is -2.11. The fourth-order valence-corrected chi connectivity index (χ4v) is 11.2. The summed E-state index contributed by atoms with van der Waals surface area (Å²) in [5, 5.41) is 0. The average molecular weight is 963 g/mol. The van der Waals surface area contributed by atoms with E-state index in [0.29, 0.717) is 0 Å². The largest absolute Gasteiger partial charge is 0.238 e. The molecule has 69 heavy (non-hydrogen) atoms. The monoisotopic (exact) mass is 962 g/mol. The minimum Gasteiger partial charge on any atom is -0.238 e. The van der Waals surface area contributed by atoms with Gasteiger partial charge in [-0.25, -0.2) is 9.97 Å². The molecule has 0 N–H and O–H groups in total. The van der Waals surface area contributed by atoms with Crippen LogP contribution in [0.5, 0.6) is 0 Å². The van der Waals surface area contributed by atoms with Crippen molar-refractivity contribution in [2.24, 2.45) is 0 Å². The second-order valence-electron chi connectivity index (χ2n) is 22.9. The van der Waals surface area contributed by atoms with E-state index in [1.165, 1.54) is 365 Å². The Morgan fingerprint density at radius 3 is 0.580 bits per heavy atom. The molecule has 1 heterocycles. The van der Waals surface area contributed by atoms with E-state index in [4.69, 9.17) is 9.97 Å². The first-order valence-corrected chi connectivity index (χ1v) is 32.9. The van der Waals surface area contributed by atoms with Crippen molar-refractivity contribution in [1.82, 2.24) is 9.97 Å². The first kappa shape index (κ1) is 66.1. The van der Waals surface area contributed by atoms with Gasteiger partial charge in [-0.3, -0.25) is 0 Å². The number of hydrogen-bond acceptors (Lipinski definition) is 2. The molecule has 0 fully saturated rings. The van der Waals surface area contributed by atoms with Gasteiger partial charge in [-0.15, -0.1) is 0 Å². The number of aromatic nitrogens is 2. The highest BCUT2D eigenvalue weighted by molar-refractivity contribution is 5.27. The lowest BCUT2D eigenvalue weighted by molar-refractivity contribution is 0.522. The summed E-state index contributed by atoms with van der Waals surface area (Å²) < 4.78 is 0. The number of hydrogen-bond donors (Lipinski definition) is 0. The van der Waals surface area contributed by atoms with E-state index in [9.17, 15) is 0 Å². The summed E-state index contributed by atoms with van der Waals surface area (Å²) >= 11 is 0. The van der Waals surface area contributed by atoms with Gasteiger partial charge in [0, 0.05) is 17.8 Å². The maximum absolute atomic E-state index is 5.31. The highest BCUT2D eigenvalue weighted by Gasteiger charge is 2.15. The highest BCUT2D eigenvalue weighted by Crippen LogP contribution is 2.24. The predicted octanol–water partition coefficient (Wildman–Crippen LogP) is 24.0. The molecule has 1 aromatic rings. The van der Waals surface area contributed by atoms with Crippen molar-refractivity contribution in [3.8, 4) is 0 Å². The van der Waals surface area contributed by atoms with Crippen LogP contribution in [-0.2, 0) is 25.7 Å². The van der Waals surface area contributed by atoms with Crippen molar-refractivity contribution in [2.45, 2.75) is 400 Å². The molecule has 0 spiro atoms. The fraction of sp³-hybridized carbons (Fsp3) is 0.925. The van der Waals surface area contributed by atoms with Gasteiger partial charge in [0.05, 0.1) is 0 Å². The topological polar surface area (TPSA) is 25.8 Å². The molecule has 0 amide bonds. The van der Waals surface area contributed by atoms with Gasteiger partial charge in [-0.05, 0) is 50.5 Å². The van der Waals surface area contributed by atoms with Crippen molar-refractivity contribution in [3.05, 3.63) is 29.7 Å². The third-order valence-corrected chi connectivity index (χ3v) is 15.9. The Kier molecular flexibility index (Phi) is 54.0. The predicted molar refractivity (Wildman–Crippen MR) is 313 cm³/mol. The first-order valence-electron chi connectivity index (χ1n) is 32.9. The number of aryl methyl sites for hydroxylation is 3. The maximum atomic E-state index is 5.31. The van der Waals surface area contributed by atoms with Crippen molar-refractivity contribution < 1.29 is 0 Å². The van der Waals surface area contributed by atoms with Crippen LogP contribution in [0.15, 0.2) is 0 Å². The van der Waals surface area contributed by atoms with Crippen LogP contribution >= 0.6 is 0 Å². The molecule has 0 aliphatic carbocycles. The lowest BCUT2D eigenvalue weighted by Gasteiger charge is -2.16. The number of unbranched alkanes of at least 4 members (excludes halogenated alkanes) is 51. The van der Waals surface area contributed by atoms with Crippen LogP contribution in [0.2, 0.25) is 0 Å². The molecule has 0 aliphatic heterocycles. The summed E-state index contributed by atoms with van der Waals surface area (Å²) in [5.74, 6) is 1.08. The van der Waals surface area contributed by atoms with Crippen LogP contribution in [0.3, 0.4) is 0 Å². The van der Waals surface area contributed by atoms with Gasteiger partial charge in [0.1, 0.15) is 5.82 Å². The molecule has 0 aromatic carbocycles. The minimum absolute atomic E-state index is 0.899. The Morgan fingerprint density at radius 1 is 0.217 bits per heavy atom. The van der Waals surface area contributed by atoms with E-state index < -0.39 is 0 Å². The van der Waals surface area contributed by atoms with Crippen LogP contribution in [0.4, 0.5) is 0 Å². The van der Waals surface area contributed by atoms with Gasteiger partial charge < -0.3 is 0 Å². The third-order valence-electron chi connectivity index (χ3n) is 15.9. The highest BCUT2D eigenvalue weighted by atomic mass is 14.9. The summed E-state index contributed by atoms with van der Waals surface area (Å²) in [6.07, 6.45) is 82.9. The molecular weight excluding hydrogens is 833 g/mol. The zero-order valence-corrected chi connectivity index (χ0v) is 48.3. The normalized spacial score (nSPS) is 11.7. The second kappa shape index (κ2) is 56.4. The smallest absolute Gasteiger partial charge is 0.128 e. The summed E-state index contributed by atoms with van der Waals surface area (Å²) in [4.78, 5) is 10.6. The van der Waals surface area contributed by atoms with Gasteiger partial charge in [0.15, 0.2) is 0 Å². The van der Waals surface area contributed by atoms with E-state index in [2.05, 4.69) is 27.7 Å². The van der Waals surface area contributed by atoms with Crippen LogP contribution in [0.1, 0.15) is 397 Å². The van der Waals surface area contributed by atoms with E-state index in [0.717, 1.165) is 31.5 Å². The third kappa shape index (κ3) is 46.6. The zero-order valence-electron chi connectivity index (χ0n) is 48.3. The van der Waals surface area contributed by atoms with E-state index in [1.54, 1.807) is 5.56 Å². The van der Waals surface area contributed by atoms with Gasteiger partial charge >= 0.3 is 0 Å². The molecule has 0 saturated carbocycles. The molecule has 0 unspecified atom stereocenters. The lowest BCUT2D eigenvalue weighted by atomic mass is 9.96. The maximum Gasteiger partial charge on any atom is 0.128 e. The Balaban J connectivity index is 2.44. The Hall–Kier alpha value is -0.920. The van der Waals surface area contributed by atoms with Crippen molar-refractivity contribution in [1.29, 1.82) is 0 Å². The quantitative estimate of drug-likeness (QED) is 0.0608. The average Bonchev–Trinajstić information content (AvgIpc) is 3.35. The van der Waals surface area contributed by atoms with E-state index >= 15 is 0 Å². The molecule has 407 valence electrons. The van der Waals surface area contributed by atoms with Crippen molar-refractivity contribution >= 4 is 0 Å². The Labute approximate surface area is 437 Å². The molecule has 0 aliphatic rings. The van der Waals surface area contributed by atoms with E-state index in [1.807, 2.05) is 0 Å². The van der Waals surface area contributed by atoms with Crippen molar-refractivity contribution in [2.75, 3.05) is 0 Å². The molecular formula is C67H129N2. The van der Waals surface area contributed by atoms with Crippen LogP contribution in [-0.4, -0.2) is 9.97 Å². The summed E-state index contributed by atoms with van der Waals surface area (Å²) in [5.41, 5.74) is 4.42. The number of nitrogens with zero attached hydrogens (tertiary/aromatic N) is 2. The van der Waals surface area contributed by atoms with Crippen LogP contribution in [0, 0.1) is 6.92 Å². The molecule has 1 aromatic heterocycles. The second-order valence-corrected chi connectivity index (χ2v) is 22.9. The standard InChI is InChI=1S/C67H129N2/c1-5-9-12-15-18-21-24-27-30-33-36-39-42-45-48-51-54-57-61-64-65(62-58-55-52-49-46-43-40-37-34-31-28-25-22-19-16-13-10-6-2)68-67(60-8-4)69-66(64)63-59-56-53-50-47-44-41-38-35-32-29-26-23-20-17-14-11-7-3/h4-63H2,1-3H3. The van der Waals surface area contributed by atoms with E-state index in [-0.39, 0.29) is 0 Å². The molecule has 2 nitrogen and oxygen atoms in total. The van der Waals surface area contributed by atoms with Crippen LogP contribution in [0.25, 0.3) is 0 Å². The molecule has 0 saturated heterocycles.